The van der Waals surface area contributed by atoms with Gasteiger partial charge in [0.15, 0.2) is 0 Å². The van der Waals surface area contributed by atoms with Crippen LogP contribution in [0, 0.1) is 12.3 Å². The van der Waals surface area contributed by atoms with Crippen molar-refractivity contribution in [1.29, 1.82) is 0 Å². The fourth-order valence-electron chi connectivity index (χ4n) is 5.20. The van der Waals surface area contributed by atoms with Gasteiger partial charge in [0.05, 0.1) is 0 Å². The number of allylic oxidation sites excluding steroid dienone is 2. The highest BCUT2D eigenvalue weighted by molar-refractivity contribution is 5.90. The maximum atomic E-state index is 2.53. The second-order valence-corrected chi connectivity index (χ2v) is 9.58. The van der Waals surface area contributed by atoms with Gasteiger partial charge in [-0.2, -0.15) is 0 Å². The largest absolute Gasteiger partial charge is 0.370 e. The Morgan fingerprint density at radius 1 is 1.00 bits per heavy atom. The molecular weight excluding hydrogens is 338 g/mol. The highest BCUT2D eigenvalue weighted by Crippen LogP contribution is 2.46. The summed E-state index contributed by atoms with van der Waals surface area (Å²) in [6.45, 7) is 12.7. The molecule has 2 aromatic carbocycles. The van der Waals surface area contributed by atoms with Crippen molar-refractivity contribution in [2.24, 2.45) is 5.41 Å². The summed E-state index contributed by atoms with van der Waals surface area (Å²) < 4.78 is 0. The molecule has 0 unspecified atom stereocenters. The van der Waals surface area contributed by atoms with Crippen LogP contribution in [0.2, 0.25) is 0 Å². The first kappa shape index (κ1) is 19.3. The molecule has 1 heterocycles. The van der Waals surface area contributed by atoms with Gasteiger partial charge in [-0.25, -0.2) is 0 Å². The minimum absolute atomic E-state index is 0.447. The van der Waals surface area contributed by atoms with Crippen LogP contribution in [0.4, 0.5) is 5.69 Å². The third kappa shape index (κ3) is 3.19. The second kappa shape index (κ2) is 7.10. The summed E-state index contributed by atoms with van der Waals surface area (Å²) in [5, 5.41) is 0. The molecule has 28 heavy (non-hydrogen) atoms. The predicted molar refractivity (Wildman–Crippen MR) is 123 cm³/mol. The number of nitrogens with zero attached hydrogens (tertiary/aromatic N) is 1. The Balaban J connectivity index is 1.91. The molecule has 4 rings (SSSR count). The molecule has 2 aromatic rings. The lowest BCUT2D eigenvalue weighted by Gasteiger charge is -2.35. The zero-order chi connectivity index (χ0) is 20.1. The average molecular weight is 374 g/mol. The average Bonchev–Trinajstić information content (AvgIpc) is 2.67. The summed E-state index contributed by atoms with van der Waals surface area (Å²) in [4.78, 5) is 2.47. The van der Waals surface area contributed by atoms with Crippen molar-refractivity contribution in [3.05, 3.63) is 58.2 Å². The zero-order valence-corrected chi connectivity index (χ0v) is 18.6. The van der Waals surface area contributed by atoms with Crippen molar-refractivity contribution >= 4 is 11.3 Å². The molecule has 1 heteroatoms. The molecule has 0 radical (unpaired) electrons. The van der Waals surface area contributed by atoms with Gasteiger partial charge < -0.3 is 4.90 Å². The lowest BCUT2D eigenvalue weighted by atomic mass is 9.75. The van der Waals surface area contributed by atoms with Crippen LogP contribution in [0.15, 0.2) is 30.3 Å². The van der Waals surface area contributed by atoms with E-state index < -0.39 is 0 Å². The lowest BCUT2D eigenvalue weighted by molar-refractivity contribution is 0.335. The molecule has 2 aliphatic rings. The smallest absolute Gasteiger partial charge is 0.0479 e. The molecule has 0 aromatic heterocycles. The van der Waals surface area contributed by atoms with Gasteiger partial charge in [-0.3, -0.25) is 0 Å². The third-order valence-corrected chi connectivity index (χ3v) is 7.01. The number of benzene rings is 2. The van der Waals surface area contributed by atoms with Gasteiger partial charge in [-0.1, -0.05) is 52.0 Å². The highest BCUT2D eigenvalue weighted by atomic mass is 15.1. The fourth-order valence-corrected chi connectivity index (χ4v) is 5.20. The molecule has 0 bridgehead atoms. The van der Waals surface area contributed by atoms with Gasteiger partial charge in [-0.05, 0) is 89.5 Å². The first-order valence-corrected chi connectivity index (χ1v) is 11.0. The van der Waals surface area contributed by atoms with E-state index in [1.54, 1.807) is 11.1 Å². The number of rotatable bonds is 3. The van der Waals surface area contributed by atoms with E-state index in [0.717, 1.165) is 19.4 Å². The van der Waals surface area contributed by atoms with Crippen LogP contribution < -0.4 is 4.90 Å². The molecule has 0 spiro atoms. The van der Waals surface area contributed by atoms with Gasteiger partial charge in [0, 0.05) is 24.8 Å². The maximum Gasteiger partial charge on any atom is 0.0479 e. The molecule has 0 saturated carbocycles. The fraction of sp³-hybridized carbons (Fsp3) is 0.481. The molecule has 1 nitrogen and oxygen atoms in total. The molecule has 0 saturated heterocycles. The molecule has 0 N–H and O–H groups in total. The Bertz CT molecular complexity index is 945. The van der Waals surface area contributed by atoms with Crippen LogP contribution in [0.25, 0.3) is 16.7 Å². The minimum atomic E-state index is 0.447. The maximum absolute atomic E-state index is 2.53. The van der Waals surface area contributed by atoms with Crippen LogP contribution in [-0.2, 0) is 19.4 Å². The molecule has 0 atom stereocenters. The summed E-state index contributed by atoms with van der Waals surface area (Å²) in [7, 11) is 2.26. The van der Waals surface area contributed by atoms with Gasteiger partial charge in [0.2, 0.25) is 0 Å². The Kier molecular flexibility index (Phi) is 4.89. The van der Waals surface area contributed by atoms with Gasteiger partial charge in [0.25, 0.3) is 0 Å². The summed E-state index contributed by atoms with van der Waals surface area (Å²) >= 11 is 0. The Morgan fingerprint density at radius 2 is 1.79 bits per heavy atom. The lowest BCUT2D eigenvalue weighted by Crippen LogP contribution is -2.24. The number of hydrogen-bond acceptors (Lipinski definition) is 1. The van der Waals surface area contributed by atoms with E-state index >= 15 is 0 Å². The van der Waals surface area contributed by atoms with E-state index in [-0.39, 0.29) is 0 Å². The summed E-state index contributed by atoms with van der Waals surface area (Å²) in [5.74, 6) is 0. The molecule has 0 amide bonds. The monoisotopic (exact) mass is 373 g/mol. The zero-order valence-electron chi connectivity index (χ0n) is 18.6. The Labute approximate surface area is 171 Å². The van der Waals surface area contributed by atoms with E-state index in [9.17, 15) is 0 Å². The van der Waals surface area contributed by atoms with Crippen LogP contribution in [-0.4, -0.2) is 7.05 Å². The van der Waals surface area contributed by atoms with Crippen LogP contribution in [0.5, 0.6) is 0 Å². The number of hydrogen-bond donors (Lipinski definition) is 0. The van der Waals surface area contributed by atoms with E-state index in [2.05, 4.69) is 76.9 Å². The van der Waals surface area contributed by atoms with Crippen molar-refractivity contribution in [2.45, 2.75) is 73.3 Å². The molecule has 148 valence electrons. The van der Waals surface area contributed by atoms with Crippen molar-refractivity contribution in [3.8, 4) is 11.1 Å². The van der Waals surface area contributed by atoms with Crippen molar-refractivity contribution in [3.63, 3.8) is 0 Å². The van der Waals surface area contributed by atoms with E-state index in [4.69, 9.17) is 0 Å². The van der Waals surface area contributed by atoms with Crippen LogP contribution in [0.3, 0.4) is 0 Å². The summed E-state index contributed by atoms with van der Waals surface area (Å²) in [5.41, 5.74) is 13.8. The van der Waals surface area contributed by atoms with Crippen LogP contribution in [0.1, 0.15) is 74.8 Å². The van der Waals surface area contributed by atoms with Gasteiger partial charge >= 0.3 is 0 Å². The molecule has 1 aliphatic carbocycles. The van der Waals surface area contributed by atoms with E-state index in [0.29, 0.717) is 5.41 Å². The van der Waals surface area contributed by atoms with Crippen LogP contribution >= 0.6 is 0 Å². The predicted octanol–water partition coefficient (Wildman–Crippen LogP) is 7.33. The standard InChI is InChI=1S/C27H35N/c1-7-19-9-10-23-21(15-19)17-28(6)26-18(3)22(8-2)24(16-25(23)26)20-11-13-27(4,5)14-12-20/h9-11,15-16H,7-8,12-14,17H2,1-6H3. The molecule has 1 aliphatic heterocycles. The Morgan fingerprint density at radius 3 is 2.43 bits per heavy atom. The van der Waals surface area contributed by atoms with Gasteiger partial charge in [-0.15, -0.1) is 0 Å². The normalized spacial score (nSPS) is 17.8. The first-order valence-electron chi connectivity index (χ1n) is 11.0. The SMILES string of the molecule is CCc1ccc2c(c1)CN(C)c1c-2cc(C2=CCC(C)(C)CC2)c(CC)c1C. The Hall–Kier alpha value is -2.02. The second-order valence-electron chi connectivity index (χ2n) is 9.58. The topological polar surface area (TPSA) is 3.24 Å². The van der Waals surface area contributed by atoms with Gasteiger partial charge in [0.1, 0.15) is 0 Å². The number of fused-ring (bicyclic) bond motifs is 3. The summed E-state index contributed by atoms with van der Waals surface area (Å²) in [6, 6.07) is 9.62. The molecular formula is C27H35N. The van der Waals surface area contributed by atoms with Crippen molar-refractivity contribution < 1.29 is 0 Å². The van der Waals surface area contributed by atoms with E-state index in [1.807, 2.05) is 0 Å². The first-order chi connectivity index (χ1) is 13.3. The number of aryl methyl sites for hydroxylation is 1. The van der Waals surface area contributed by atoms with Crippen molar-refractivity contribution in [1.82, 2.24) is 0 Å². The molecule has 0 fully saturated rings. The third-order valence-electron chi connectivity index (χ3n) is 7.01. The van der Waals surface area contributed by atoms with Crippen molar-refractivity contribution in [2.75, 3.05) is 11.9 Å². The number of anilines is 1. The quantitative estimate of drug-likeness (QED) is 0.544. The summed E-state index contributed by atoms with van der Waals surface area (Å²) in [6.07, 6.45) is 8.41. The minimum Gasteiger partial charge on any atom is -0.370 e. The van der Waals surface area contributed by atoms with E-state index in [1.165, 1.54) is 58.3 Å². The highest BCUT2D eigenvalue weighted by Gasteiger charge is 2.27.